The van der Waals surface area contributed by atoms with Crippen LogP contribution in [0.3, 0.4) is 0 Å². The molecule has 1 aliphatic heterocycles. The van der Waals surface area contributed by atoms with Crippen molar-refractivity contribution in [3.05, 3.63) is 148 Å². The summed E-state index contributed by atoms with van der Waals surface area (Å²) in [4.78, 5) is 39.9. The number of nitrogen functional groups attached to an aromatic ring is 1. The van der Waals surface area contributed by atoms with Crippen LogP contribution in [-0.2, 0) is 35.7 Å². The molecule has 1 saturated heterocycles. The Hall–Kier alpha value is -5.50. The Bertz CT molecular complexity index is 2310. The van der Waals surface area contributed by atoms with Gasteiger partial charge in [0.05, 0.1) is 24.8 Å². The number of amides is 1. The first kappa shape index (κ1) is 42.2. The number of thiazole rings is 1. The van der Waals surface area contributed by atoms with Gasteiger partial charge in [0.15, 0.2) is 10.8 Å². The Balaban J connectivity index is 1.21. The van der Waals surface area contributed by atoms with Crippen molar-refractivity contribution in [1.29, 1.82) is 0 Å². The number of hydrogen-bond acceptors (Lipinski definition) is 11. The second kappa shape index (κ2) is 16.4. The fraction of sp³-hybridized carbons (Fsp3) is 0.375. The Kier molecular flexibility index (Phi) is 11.4. The van der Waals surface area contributed by atoms with Gasteiger partial charge < -0.3 is 34.7 Å². The highest BCUT2D eigenvalue weighted by atomic mass is 32.1. The van der Waals surface area contributed by atoms with Crippen LogP contribution in [0.5, 0.6) is 5.75 Å². The molecule has 3 N–H and O–H groups in total. The van der Waals surface area contributed by atoms with Crippen LogP contribution < -0.4 is 15.8 Å². The lowest BCUT2D eigenvalue weighted by molar-refractivity contribution is -0.199. The monoisotopic (exact) mass is 840 g/mol. The lowest BCUT2D eigenvalue weighted by Crippen LogP contribution is -2.65. The maximum atomic E-state index is 15.1. The van der Waals surface area contributed by atoms with Crippen LogP contribution in [0.15, 0.2) is 120 Å². The zero-order valence-corrected chi connectivity index (χ0v) is 36.5. The van der Waals surface area contributed by atoms with E-state index in [0.717, 1.165) is 29.5 Å². The summed E-state index contributed by atoms with van der Waals surface area (Å²) >= 11 is 1.19. The normalized spacial score (nSPS) is 22.4. The topological polar surface area (TPSA) is 144 Å². The molecule has 2 heterocycles. The number of hydrogen-bond donors (Lipinski definition) is 2. The number of carbonyl (C=O) groups is 2. The average molecular weight is 841 g/mol. The van der Waals surface area contributed by atoms with Crippen LogP contribution in [0.2, 0.25) is 0 Å². The lowest BCUT2D eigenvalue weighted by atomic mass is 9.43. The van der Waals surface area contributed by atoms with Crippen molar-refractivity contribution in [2.45, 2.75) is 89.7 Å². The molecule has 316 valence electrons. The molecule has 1 unspecified atom stereocenters. The van der Waals surface area contributed by atoms with Crippen molar-refractivity contribution in [3.8, 4) is 5.75 Å². The van der Waals surface area contributed by atoms with Gasteiger partial charge in [-0.2, -0.15) is 0 Å². The van der Waals surface area contributed by atoms with E-state index in [1.165, 1.54) is 18.4 Å². The minimum absolute atomic E-state index is 0.0930. The summed E-state index contributed by atoms with van der Waals surface area (Å²) in [6, 6.07) is 34.7. The standard InChI is InChI=1S/C48H53BN4O7S/c1-45(2,3)57-43(55)35-25-17-18-30(41(35)56-7)26-39(49-58-38-28-34-27-37(46(34,4)5)47(38,6)59-49)52-42(54)40(36-29-61-44(50)51-36)53-60-48(31-19-11-8-12-20-31,32-21-13-9-14-22-32)33-23-15-10-16-24-33/h8-25,29,34,37-39H,26-28H2,1-7H3,(H2,50,51)(H,52,54)/b53-40-/t34-,37+,38?,39+,47+/m1/s1. The highest BCUT2D eigenvalue weighted by molar-refractivity contribution is 7.13. The smallest absolute Gasteiger partial charge is 0.482 e. The molecule has 4 fully saturated rings. The third-order valence-electron chi connectivity index (χ3n) is 12.8. The average Bonchev–Trinajstić information content (AvgIpc) is 3.84. The Morgan fingerprint density at radius 3 is 2.05 bits per heavy atom. The SMILES string of the molecule is COc1c(C[C@H](NC(=O)/C(=N\OC(c2ccccc2)(c2ccccc2)c2ccccc2)c2csc(N)n2)B2OC3C[C@H]4C[C@@H](C4(C)C)[C@]3(C)O2)cccc1C(=O)OC(C)(C)C. The maximum Gasteiger partial charge on any atom is 0.482 e. The number of carbonyl (C=O) groups excluding carboxylic acids is 2. The summed E-state index contributed by atoms with van der Waals surface area (Å²) in [6.07, 6.45) is 1.92. The van der Waals surface area contributed by atoms with Crippen molar-refractivity contribution >= 4 is 41.2 Å². The molecule has 4 aliphatic rings. The van der Waals surface area contributed by atoms with Crippen LogP contribution in [0.1, 0.15) is 92.7 Å². The Morgan fingerprint density at radius 2 is 1.52 bits per heavy atom. The zero-order chi connectivity index (χ0) is 43.2. The fourth-order valence-corrected chi connectivity index (χ4v) is 10.2. The van der Waals surface area contributed by atoms with E-state index in [0.29, 0.717) is 17.2 Å². The molecule has 1 aromatic heterocycles. The van der Waals surface area contributed by atoms with Gasteiger partial charge in [-0.25, -0.2) is 9.78 Å². The number of nitrogens with zero attached hydrogens (tertiary/aromatic N) is 2. The molecule has 5 aromatic rings. The maximum absolute atomic E-state index is 15.1. The Morgan fingerprint density at radius 1 is 0.918 bits per heavy atom. The predicted molar refractivity (Wildman–Crippen MR) is 237 cm³/mol. The van der Waals surface area contributed by atoms with Crippen molar-refractivity contribution in [2.75, 3.05) is 12.8 Å². The third-order valence-corrected chi connectivity index (χ3v) is 13.4. The van der Waals surface area contributed by atoms with Gasteiger partial charge in [-0.05, 0) is 75.8 Å². The number of rotatable bonds is 13. The van der Waals surface area contributed by atoms with Gasteiger partial charge in [-0.15, -0.1) is 11.3 Å². The number of ether oxygens (including phenoxy) is 2. The fourth-order valence-electron chi connectivity index (χ4n) is 9.63. The molecule has 61 heavy (non-hydrogen) atoms. The molecule has 11 nitrogen and oxygen atoms in total. The molecule has 1 amide bonds. The number of nitrogens with two attached hydrogens (primary N) is 1. The van der Waals surface area contributed by atoms with E-state index in [1.54, 1.807) is 17.5 Å². The highest BCUT2D eigenvalue weighted by Gasteiger charge is 2.68. The largest absolute Gasteiger partial charge is 0.496 e. The first-order valence-corrected chi connectivity index (χ1v) is 21.7. The first-order chi connectivity index (χ1) is 29.1. The van der Waals surface area contributed by atoms with Crippen LogP contribution >= 0.6 is 11.3 Å². The van der Waals surface area contributed by atoms with Gasteiger partial charge in [0, 0.05) is 22.1 Å². The van der Waals surface area contributed by atoms with Crippen LogP contribution in [0.25, 0.3) is 0 Å². The van der Waals surface area contributed by atoms with Gasteiger partial charge in [0.2, 0.25) is 5.60 Å². The van der Waals surface area contributed by atoms with Crippen LogP contribution in [0, 0.1) is 17.3 Å². The lowest BCUT2D eigenvalue weighted by Gasteiger charge is -2.64. The van der Waals surface area contributed by atoms with E-state index >= 15 is 4.79 Å². The predicted octanol–water partition coefficient (Wildman–Crippen LogP) is 8.40. The Labute approximate surface area is 362 Å². The number of oxime groups is 1. The summed E-state index contributed by atoms with van der Waals surface area (Å²) < 4.78 is 25.5. The summed E-state index contributed by atoms with van der Waals surface area (Å²) in [5, 5.41) is 9.93. The van der Waals surface area contributed by atoms with Crippen molar-refractivity contribution < 1.29 is 33.2 Å². The summed E-state index contributed by atoms with van der Waals surface area (Å²) in [5.41, 5.74) is 7.18. The van der Waals surface area contributed by atoms with Gasteiger partial charge >= 0.3 is 13.1 Å². The molecule has 13 heteroatoms. The molecule has 5 atom stereocenters. The van der Waals surface area contributed by atoms with E-state index < -0.39 is 41.7 Å². The number of methoxy groups -OCH3 is 1. The molecule has 0 radical (unpaired) electrons. The molecular weight excluding hydrogens is 787 g/mol. The van der Waals surface area contributed by atoms with Crippen LogP contribution in [-0.4, -0.2) is 60.0 Å². The minimum atomic E-state index is -1.28. The van der Waals surface area contributed by atoms with Gasteiger partial charge in [0.25, 0.3) is 5.91 Å². The number of para-hydroxylation sites is 1. The summed E-state index contributed by atoms with van der Waals surface area (Å²) in [5.74, 6) is -0.766. The van der Waals surface area contributed by atoms with Crippen molar-refractivity contribution in [2.24, 2.45) is 22.4 Å². The number of esters is 1. The van der Waals surface area contributed by atoms with E-state index in [-0.39, 0.29) is 46.0 Å². The first-order valence-electron chi connectivity index (χ1n) is 20.8. The van der Waals surface area contributed by atoms with Gasteiger partial charge in [-0.3, -0.25) is 4.79 Å². The number of aromatic nitrogens is 1. The van der Waals surface area contributed by atoms with Crippen molar-refractivity contribution in [3.63, 3.8) is 0 Å². The van der Waals surface area contributed by atoms with Crippen LogP contribution in [0.4, 0.5) is 5.13 Å². The molecule has 0 spiro atoms. The summed E-state index contributed by atoms with van der Waals surface area (Å²) in [6.45, 7) is 12.2. The van der Waals surface area contributed by atoms with E-state index in [1.807, 2.05) is 118 Å². The molecule has 3 saturated carbocycles. The number of anilines is 1. The second-order valence-electron chi connectivity index (χ2n) is 18.0. The minimum Gasteiger partial charge on any atom is -0.496 e. The quantitative estimate of drug-likeness (QED) is 0.0393. The number of benzene rings is 4. The molecule has 3 aliphatic carbocycles. The van der Waals surface area contributed by atoms with E-state index in [4.69, 9.17) is 34.5 Å². The third kappa shape index (κ3) is 7.95. The molecular formula is C48H53BN4O7S. The molecule has 9 rings (SSSR count). The second-order valence-corrected chi connectivity index (χ2v) is 18.9. The van der Waals surface area contributed by atoms with Gasteiger partial charge in [0.1, 0.15) is 22.6 Å². The number of nitrogens with one attached hydrogen (secondary N) is 1. The van der Waals surface area contributed by atoms with E-state index in [9.17, 15) is 4.79 Å². The summed E-state index contributed by atoms with van der Waals surface area (Å²) in [7, 11) is 0.657. The zero-order valence-electron chi connectivity index (χ0n) is 35.7. The van der Waals surface area contributed by atoms with E-state index in [2.05, 4.69) is 31.1 Å². The van der Waals surface area contributed by atoms with Gasteiger partial charge in [-0.1, -0.05) is 122 Å². The van der Waals surface area contributed by atoms with Crippen molar-refractivity contribution in [1.82, 2.24) is 10.3 Å². The molecule has 4 aromatic carbocycles. The molecule has 2 bridgehead atoms. The highest BCUT2D eigenvalue weighted by Crippen LogP contribution is 2.65.